The number of hydrogen-bond donors (Lipinski definition) is 4. The minimum Gasteiger partial charge on any atom is -0.480 e. The zero-order valence-electron chi connectivity index (χ0n) is 12.8. The Balaban J connectivity index is 2.29. The van der Waals surface area contributed by atoms with Crippen molar-refractivity contribution in [3.63, 3.8) is 0 Å². The van der Waals surface area contributed by atoms with Crippen LogP contribution in [0, 0.1) is 0 Å². The van der Waals surface area contributed by atoms with E-state index in [-0.39, 0.29) is 13.0 Å². The molecule has 0 spiro atoms. The first-order valence-corrected chi connectivity index (χ1v) is 8.04. The van der Waals surface area contributed by atoms with Crippen LogP contribution in [0.25, 0.3) is 0 Å². The summed E-state index contributed by atoms with van der Waals surface area (Å²) in [6.07, 6.45) is 1.05. The highest BCUT2D eigenvalue weighted by Crippen LogP contribution is 2.13. The van der Waals surface area contributed by atoms with Crippen LogP contribution in [0.3, 0.4) is 0 Å². The van der Waals surface area contributed by atoms with Crippen LogP contribution in [0.4, 0.5) is 10.5 Å². The molecule has 0 bridgehead atoms. The quantitative estimate of drug-likeness (QED) is 0.550. The molecule has 8 heteroatoms. The summed E-state index contributed by atoms with van der Waals surface area (Å²) in [5, 5.41) is 16.6. The molecule has 0 aliphatic carbocycles. The number of benzene rings is 1. The second kappa shape index (κ2) is 9.83. The van der Waals surface area contributed by atoms with Gasteiger partial charge in [0.2, 0.25) is 5.91 Å². The van der Waals surface area contributed by atoms with Gasteiger partial charge in [0.25, 0.3) is 0 Å². The predicted molar refractivity (Wildman–Crippen MR) is 90.3 cm³/mol. The van der Waals surface area contributed by atoms with Crippen molar-refractivity contribution in [1.82, 2.24) is 10.6 Å². The summed E-state index contributed by atoms with van der Waals surface area (Å²) in [5.41, 5.74) is 0.629. The smallest absolute Gasteiger partial charge is 0.326 e. The standard InChI is InChI=1S/C15H20BrN3O4/c1-2-3-12(14(21)22)19-13(20)8-9-17-15(23)18-11-6-4-10(16)5-7-11/h4-7,12H,2-3,8-9H2,1H3,(H,19,20)(H,21,22)(H2,17,18,23). The molecule has 0 aromatic heterocycles. The van der Waals surface area contributed by atoms with E-state index >= 15 is 0 Å². The summed E-state index contributed by atoms with van der Waals surface area (Å²) in [6.45, 7) is 1.96. The highest BCUT2D eigenvalue weighted by Gasteiger charge is 2.18. The first-order chi connectivity index (χ1) is 10.9. The molecule has 0 saturated carbocycles. The van der Waals surface area contributed by atoms with Gasteiger partial charge in [-0.1, -0.05) is 29.3 Å². The van der Waals surface area contributed by atoms with Gasteiger partial charge >= 0.3 is 12.0 Å². The van der Waals surface area contributed by atoms with Gasteiger partial charge in [-0.25, -0.2) is 9.59 Å². The molecule has 1 aromatic rings. The molecule has 0 aliphatic heterocycles. The monoisotopic (exact) mass is 385 g/mol. The zero-order chi connectivity index (χ0) is 17.2. The van der Waals surface area contributed by atoms with Gasteiger partial charge in [0.05, 0.1) is 0 Å². The lowest BCUT2D eigenvalue weighted by atomic mass is 10.1. The molecule has 0 aliphatic rings. The number of amides is 3. The molecule has 0 heterocycles. The van der Waals surface area contributed by atoms with Crippen LogP contribution in [0.15, 0.2) is 28.7 Å². The zero-order valence-corrected chi connectivity index (χ0v) is 14.4. The van der Waals surface area contributed by atoms with Crippen LogP contribution in [0.5, 0.6) is 0 Å². The molecule has 23 heavy (non-hydrogen) atoms. The Kier molecular flexibility index (Phi) is 8.10. The predicted octanol–water partition coefficient (Wildman–Crippen LogP) is 2.33. The molecule has 4 N–H and O–H groups in total. The normalized spacial score (nSPS) is 11.4. The number of halogens is 1. The van der Waals surface area contributed by atoms with Gasteiger partial charge in [-0.2, -0.15) is 0 Å². The number of carboxylic acid groups (broad SMARTS) is 1. The maximum atomic E-state index is 11.7. The minimum atomic E-state index is -1.05. The van der Waals surface area contributed by atoms with E-state index in [0.29, 0.717) is 18.5 Å². The van der Waals surface area contributed by atoms with Gasteiger partial charge in [0, 0.05) is 23.1 Å². The van der Waals surface area contributed by atoms with Crippen molar-refractivity contribution < 1.29 is 19.5 Å². The highest BCUT2D eigenvalue weighted by molar-refractivity contribution is 9.10. The fourth-order valence-corrected chi connectivity index (χ4v) is 2.07. The van der Waals surface area contributed by atoms with Gasteiger partial charge < -0.3 is 21.1 Å². The number of nitrogens with one attached hydrogen (secondary N) is 3. The molecule has 126 valence electrons. The lowest BCUT2D eigenvalue weighted by molar-refractivity contribution is -0.142. The number of carbonyl (C=O) groups is 3. The van der Waals surface area contributed by atoms with Gasteiger partial charge in [0.15, 0.2) is 0 Å². The number of rotatable bonds is 8. The van der Waals surface area contributed by atoms with Crippen molar-refractivity contribution in [2.75, 3.05) is 11.9 Å². The molecule has 1 rings (SSSR count). The van der Waals surface area contributed by atoms with Crippen molar-refractivity contribution in [3.8, 4) is 0 Å². The largest absolute Gasteiger partial charge is 0.480 e. The lowest BCUT2D eigenvalue weighted by Gasteiger charge is -2.13. The third-order valence-electron chi connectivity index (χ3n) is 2.95. The highest BCUT2D eigenvalue weighted by atomic mass is 79.9. The van der Waals surface area contributed by atoms with Gasteiger partial charge in [-0.05, 0) is 30.7 Å². The van der Waals surface area contributed by atoms with Gasteiger partial charge in [-0.3, -0.25) is 4.79 Å². The molecule has 1 unspecified atom stereocenters. The summed E-state index contributed by atoms with van der Waals surface area (Å²) < 4.78 is 0.903. The second-order valence-corrected chi connectivity index (χ2v) is 5.80. The second-order valence-electron chi connectivity index (χ2n) is 4.88. The minimum absolute atomic E-state index is 0.0151. The molecule has 7 nitrogen and oxygen atoms in total. The van der Waals surface area contributed by atoms with Crippen LogP contribution >= 0.6 is 15.9 Å². The molecule has 0 saturated heterocycles. The number of urea groups is 1. The number of hydrogen-bond acceptors (Lipinski definition) is 3. The van der Waals surface area contributed by atoms with Crippen molar-refractivity contribution in [2.24, 2.45) is 0 Å². The molecule has 0 radical (unpaired) electrons. The summed E-state index contributed by atoms with van der Waals surface area (Å²) in [5.74, 6) is -1.46. The molecular weight excluding hydrogens is 366 g/mol. The Bertz CT molecular complexity index is 548. The maximum Gasteiger partial charge on any atom is 0.326 e. The first kappa shape index (κ1) is 19.0. The van der Waals surface area contributed by atoms with Crippen molar-refractivity contribution in [2.45, 2.75) is 32.2 Å². The Hall–Kier alpha value is -2.09. The Morgan fingerprint density at radius 2 is 1.87 bits per heavy atom. The summed E-state index contributed by atoms with van der Waals surface area (Å²) >= 11 is 3.30. The van der Waals surface area contributed by atoms with E-state index in [4.69, 9.17) is 5.11 Å². The van der Waals surface area contributed by atoms with E-state index in [2.05, 4.69) is 31.9 Å². The average molecular weight is 386 g/mol. The average Bonchev–Trinajstić information content (AvgIpc) is 2.49. The van der Waals surface area contributed by atoms with Crippen LogP contribution in [-0.4, -0.2) is 35.6 Å². The van der Waals surface area contributed by atoms with E-state index in [1.165, 1.54) is 0 Å². The number of carboxylic acids is 1. The van der Waals surface area contributed by atoms with Crippen molar-refractivity contribution >= 4 is 39.5 Å². The molecule has 0 fully saturated rings. The summed E-state index contributed by atoms with van der Waals surface area (Å²) in [7, 11) is 0. The number of anilines is 1. The van der Waals surface area contributed by atoms with E-state index in [1.54, 1.807) is 24.3 Å². The topological polar surface area (TPSA) is 108 Å². The van der Waals surface area contributed by atoms with Crippen LogP contribution in [-0.2, 0) is 9.59 Å². The van der Waals surface area contributed by atoms with Crippen molar-refractivity contribution in [1.29, 1.82) is 0 Å². The van der Waals surface area contributed by atoms with E-state index < -0.39 is 23.9 Å². The third-order valence-corrected chi connectivity index (χ3v) is 3.48. The molecular formula is C15H20BrN3O4. The summed E-state index contributed by atoms with van der Waals surface area (Å²) in [6, 6.07) is 5.75. The van der Waals surface area contributed by atoms with E-state index in [9.17, 15) is 14.4 Å². The maximum absolute atomic E-state index is 11.7. The Labute approximate surface area is 143 Å². The van der Waals surface area contributed by atoms with E-state index in [1.807, 2.05) is 6.92 Å². The van der Waals surface area contributed by atoms with Crippen LogP contribution in [0.2, 0.25) is 0 Å². The molecule has 3 amide bonds. The van der Waals surface area contributed by atoms with Crippen LogP contribution < -0.4 is 16.0 Å². The third kappa shape index (κ3) is 7.64. The van der Waals surface area contributed by atoms with Gasteiger partial charge in [0.1, 0.15) is 6.04 Å². The first-order valence-electron chi connectivity index (χ1n) is 7.25. The fraction of sp³-hybridized carbons (Fsp3) is 0.400. The van der Waals surface area contributed by atoms with Crippen molar-refractivity contribution in [3.05, 3.63) is 28.7 Å². The molecule has 1 aromatic carbocycles. The van der Waals surface area contributed by atoms with Crippen LogP contribution in [0.1, 0.15) is 26.2 Å². The summed E-state index contributed by atoms with van der Waals surface area (Å²) in [4.78, 5) is 34.2. The molecule has 1 atom stereocenters. The number of aliphatic carboxylic acids is 1. The van der Waals surface area contributed by atoms with Gasteiger partial charge in [-0.15, -0.1) is 0 Å². The lowest BCUT2D eigenvalue weighted by Crippen LogP contribution is -2.42. The SMILES string of the molecule is CCCC(NC(=O)CCNC(=O)Nc1ccc(Br)cc1)C(=O)O. The Morgan fingerprint density at radius 1 is 1.22 bits per heavy atom. The van der Waals surface area contributed by atoms with E-state index in [0.717, 1.165) is 4.47 Å². The Morgan fingerprint density at radius 3 is 2.43 bits per heavy atom. The number of carbonyl (C=O) groups excluding carboxylic acids is 2. The fourth-order valence-electron chi connectivity index (χ4n) is 1.81.